The van der Waals surface area contributed by atoms with Crippen molar-refractivity contribution in [2.24, 2.45) is 5.73 Å². The minimum Gasteiger partial charge on any atom is -0.316 e. The van der Waals surface area contributed by atoms with Crippen LogP contribution in [0.1, 0.15) is 19.8 Å². The van der Waals surface area contributed by atoms with Crippen molar-refractivity contribution in [2.45, 2.75) is 32.0 Å². The summed E-state index contributed by atoms with van der Waals surface area (Å²) in [6.07, 6.45) is 2.93. The second-order valence-electron chi connectivity index (χ2n) is 2.64. The summed E-state index contributed by atoms with van der Waals surface area (Å²) in [6.45, 7) is 2.03. The third kappa shape index (κ3) is 1.20. The normalized spacial score (nSPS) is 24.0. The SMILES string of the molecule is CC(N)N(C)C1CC1. The van der Waals surface area contributed by atoms with Gasteiger partial charge in [0.15, 0.2) is 0 Å². The fourth-order valence-corrected chi connectivity index (χ4v) is 0.814. The zero-order valence-corrected chi connectivity index (χ0v) is 5.59. The third-order valence-electron chi connectivity index (χ3n) is 1.77. The molecule has 2 nitrogen and oxygen atoms in total. The second-order valence-corrected chi connectivity index (χ2v) is 2.64. The maximum absolute atomic E-state index is 5.60. The van der Waals surface area contributed by atoms with Gasteiger partial charge in [-0.3, -0.25) is 4.90 Å². The van der Waals surface area contributed by atoms with Gasteiger partial charge < -0.3 is 5.73 Å². The fourth-order valence-electron chi connectivity index (χ4n) is 0.814. The summed E-state index contributed by atoms with van der Waals surface area (Å²) in [5, 5.41) is 0. The van der Waals surface area contributed by atoms with E-state index in [2.05, 4.69) is 11.9 Å². The van der Waals surface area contributed by atoms with Gasteiger partial charge in [-0.2, -0.15) is 0 Å². The van der Waals surface area contributed by atoms with Gasteiger partial charge in [0.1, 0.15) is 0 Å². The molecule has 0 spiro atoms. The highest BCUT2D eigenvalue weighted by atomic mass is 15.2. The van der Waals surface area contributed by atoms with Gasteiger partial charge in [0, 0.05) is 6.04 Å². The van der Waals surface area contributed by atoms with Gasteiger partial charge in [-0.25, -0.2) is 0 Å². The molecule has 0 heterocycles. The molecule has 0 aliphatic heterocycles. The molecule has 0 aromatic carbocycles. The molecule has 1 unspecified atom stereocenters. The van der Waals surface area contributed by atoms with Gasteiger partial charge in [0.2, 0.25) is 0 Å². The molecule has 1 atom stereocenters. The molecule has 0 aromatic heterocycles. The fraction of sp³-hybridized carbons (Fsp3) is 1.00. The number of hydrogen-bond donors (Lipinski definition) is 1. The molecule has 2 N–H and O–H groups in total. The summed E-state index contributed by atoms with van der Waals surface area (Å²) >= 11 is 0. The summed E-state index contributed by atoms with van der Waals surface area (Å²) in [7, 11) is 2.09. The summed E-state index contributed by atoms with van der Waals surface area (Å²) in [5.74, 6) is 0. The van der Waals surface area contributed by atoms with Crippen molar-refractivity contribution < 1.29 is 0 Å². The van der Waals surface area contributed by atoms with E-state index in [1.54, 1.807) is 0 Å². The van der Waals surface area contributed by atoms with Crippen LogP contribution in [0.4, 0.5) is 0 Å². The largest absolute Gasteiger partial charge is 0.316 e. The Balaban J connectivity index is 2.22. The van der Waals surface area contributed by atoms with Gasteiger partial charge in [0.05, 0.1) is 6.17 Å². The molecule has 1 fully saturated rings. The van der Waals surface area contributed by atoms with E-state index in [9.17, 15) is 0 Å². The first kappa shape index (κ1) is 6.05. The van der Waals surface area contributed by atoms with E-state index in [0.717, 1.165) is 6.04 Å². The van der Waals surface area contributed by atoms with Crippen LogP contribution in [0.5, 0.6) is 0 Å². The summed E-state index contributed by atoms with van der Waals surface area (Å²) in [5.41, 5.74) is 5.60. The van der Waals surface area contributed by atoms with Crippen LogP contribution in [-0.2, 0) is 0 Å². The molecule has 1 saturated carbocycles. The average Bonchev–Trinajstić information content (AvgIpc) is 2.43. The number of rotatable bonds is 2. The Morgan fingerprint density at radius 1 is 1.62 bits per heavy atom. The predicted octanol–water partition coefficient (Wildman–Crippen LogP) is 0.385. The van der Waals surface area contributed by atoms with E-state index >= 15 is 0 Å². The number of nitrogens with two attached hydrogens (primary N) is 1. The quantitative estimate of drug-likeness (QED) is 0.526. The first-order chi connectivity index (χ1) is 3.72. The van der Waals surface area contributed by atoms with Gasteiger partial charge >= 0.3 is 0 Å². The van der Waals surface area contributed by atoms with Crippen LogP contribution in [0.15, 0.2) is 0 Å². The molecule has 0 saturated heterocycles. The Bertz CT molecular complexity index is 74.6. The maximum atomic E-state index is 5.60. The molecule has 2 heteroatoms. The molecule has 1 aliphatic carbocycles. The Morgan fingerprint density at radius 2 is 2.12 bits per heavy atom. The molecule has 0 radical (unpaired) electrons. The molecule has 8 heavy (non-hydrogen) atoms. The van der Waals surface area contributed by atoms with Gasteiger partial charge in [0.25, 0.3) is 0 Å². The van der Waals surface area contributed by atoms with Gasteiger partial charge in [-0.15, -0.1) is 0 Å². The monoisotopic (exact) mass is 114 g/mol. The van der Waals surface area contributed by atoms with Crippen molar-refractivity contribution in [3.05, 3.63) is 0 Å². The number of nitrogens with zero attached hydrogens (tertiary/aromatic N) is 1. The van der Waals surface area contributed by atoms with Crippen molar-refractivity contribution in [3.63, 3.8) is 0 Å². The Hall–Kier alpha value is -0.0800. The smallest absolute Gasteiger partial charge is 0.0542 e. The van der Waals surface area contributed by atoms with Crippen molar-refractivity contribution in [1.29, 1.82) is 0 Å². The van der Waals surface area contributed by atoms with Crippen LogP contribution in [0.2, 0.25) is 0 Å². The maximum Gasteiger partial charge on any atom is 0.0542 e. The average molecular weight is 114 g/mol. The van der Waals surface area contributed by atoms with Crippen LogP contribution in [0, 0.1) is 0 Å². The molecule has 48 valence electrons. The van der Waals surface area contributed by atoms with Gasteiger partial charge in [-0.1, -0.05) is 0 Å². The Labute approximate surface area is 50.7 Å². The van der Waals surface area contributed by atoms with E-state index in [-0.39, 0.29) is 6.17 Å². The third-order valence-corrected chi connectivity index (χ3v) is 1.77. The minimum atomic E-state index is 0.238. The number of hydrogen-bond acceptors (Lipinski definition) is 2. The van der Waals surface area contributed by atoms with Crippen molar-refractivity contribution in [3.8, 4) is 0 Å². The first-order valence-electron chi connectivity index (χ1n) is 3.19. The lowest BCUT2D eigenvalue weighted by atomic mass is 10.5. The van der Waals surface area contributed by atoms with Crippen LogP contribution < -0.4 is 5.73 Å². The van der Waals surface area contributed by atoms with Crippen molar-refractivity contribution >= 4 is 0 Å². The standard InChI is InChI=1S/C6H14N2/c1-5(7)8(2)6-3-4-6/h5-6H,3-4,7H2,1-2H3. The van der Waals surface area contributed by atoms with Crippen LogP contribution in [-0.4, -0.2) is 24.2 Å². The van der Waals surface area contributed by atoms with Crippen LogP contribution >= 0.6 is 0 Å². The summed E-state index contributed by atoms with van der Waals surface area (Å²) < 4.78 is 0. The molecule has 0 amide bonds. The summed E-state index contributed by atoms with van der Waals surface area (Å²) in [6, 6.07) is 0.801. The highest BCUT2D eigenvalue weighted by Gasteiger charge is 2.27. The first-order valence-corrected chi connectivity index (χ1v) is 3.19. The molecule has 1 rings (SSSR count). The van der Waals surface area contributed by atoms with E-state index in [4.69, 9.17) is 5.73 Å². The topological polar surface area (TPSA) is 29.3 Å². The van der Waals surface area contributed by atoms with Crippen molar-refractivity contribution in [1.82, 2.24) is 4.90 Å². The Morgan fingerprint density at radius 3 is 2.25 bits per heavy atom. The Kier molecular flexibility index (Phi) is 1.54. The predicted molar refractivity (Wildman–Crippen MR) is 34.4 cm³/mol. The lowest BCUT2D eigenvalue weighted by molar-refractivity contribution is 0.253. The molecule has 0 aromatic rings. The second kappa shape index (κ2) is 2.03. The molecule has 0 bridgehead atoms. The highest BCUT2D eigenvalue weighted by Crippen LogP contribution is 2.25. The van der Waals surface area contributed by atoms with Crippen molar-refractivity contribution in [2.75, 3.05) is 7.05 Å². The van der Waals surface area contributed by atoms with Crippen LogP contribution in [0.3, 0.4) is 0 Å². The minimum absolute atomic E-state index is 0.238. The molecular formula is C6H14N2. The van der Waals surface area contributed by atoms with E-state index in [1.807, 2.05) is 6.92 Å². The van der Waals surface area contributed by atoms with Crippen LogP contribution in [0.25, 0.3) is 0 Å². The van der Waals surface area contributed by atoms with E-state index in [1.165, 1.54) is 12.8 Å². The zero-order chi connectivity index (χ0) is 6.15. The van der Waals surface area contributed by atoms with E-state index in [0.29, 0.717) is 0 Å². The lowest BCUT2D eigenvalue weighted by Crippen LogP contribution is -2.37. The zero-order valence-electron chi connectivity index (χ0n) is 5.59. The molecular weight excluding hydrogens is 100 g/mol. The highest BCUT2D eigenvalue weighted by molar-refractivity contribution is 4.83. The lowest BCUT2D eigenvalue weighted by Gasteiger charge is -2.19. The van der Waals surface area contributed by atoms with E-state index < -0.39 is 0 Å². The van der Waals surface area contributed by atoms with Gasteiger partial charge in [-0.05, 0) is 26.8 Å². The summed E-state index contributed by atoms with van der Waals surface area (Å²) in [4.78, 5) is 2.22. The molecule has 1 aliphatic rings.